The molecule has 3 rings (SSSR count). The highest BCUT2D eigenvalue weighted by atomic mass is 16.5. The number of ether oxygens (including phenoxy) is 1. The van der Waals surface area contributed by atoms with E-state index in [1.54, 1.807) is 0 Å². The molecule has 0 bridgehead atoms. The Balaban J connectivity index is 1.86. The normalized spacial score (nSPS) is 30.1. The number of nitrogens with zero attached hydrogens (tertiary/aromatic N) is 2. The summed E-state index contributed by atoms with van der Waals surface area (Å²) in [6.07, 6.45) is 7.10. The number of fused-ring (bicyclic) bond motifs is 1. The molecule has 1 fully saturated rings. The first-order chi connectivity index (χ1) is 7.84. The third-order valence-electron chi connectivity index (χ3n) is 3.56. The summed E-state index contributed by atoms with van der Waals surface area (Å²) < 4.78 is 7.92. The van der Waals surface area contributed by atoms with E-state index in [1.807, 2.05) is 6.20 Å². The lowest BCUT2D eigenvalue weighted by Crippen LogP contribution is -2.27. The maximum Gasteiger partial charge on any atom is 0.138 e. The van der Waals surface area contributed by atoms with Gasteiger partial charge in [-0.05, 0) is 32.1 Å². The highest BCUT2D eigenvalue weighted by molar-refractivity contribution is 5.11. The summed E-state index contributed by atoms with van der Waals surface area (Å²) in [5.41, 5.74) is 1.24. The number of aliphatic hydroxyl groups is 1. The van der Waals surface area contributed by atoms with E-state index in [0.29, 0.717) is 6.54 Å². The summed E-state index contributed by atoms with van der Waals surface area (Å²) in [5, 5.41) is 9.71. The molecule has 3 heterocycles. The molecular weight excluding hydrogens is 204 g/mol. The van der Waals surface area contributed by atoms with Gasteiger partial charge in [-0.15, -0.1) is 0 Å². The molecule has 2 unspecified atom stereocenters. The molecule has 2 atom stereocenters. The van der Waals surface area contributed by atoms with Gasteiger partial charge in [-0.2, -0.15) is 0 Å². The van der Waals surface area contributed by atoms with Crippen LogP contribution in [0.15, 0.2) is 6.20 Å². The first-order valence-electron chi connectivity index (χ1n) is 6.18. The molecule has 0 aliphatic carbocycles. The molecule has 0 saturated carbocycles. The Morgan fingerprint density at radius 1 is 1.38 bits per heavy atom. The maximum absolute atomic E-state index is 9.71. The first-order valence-corrected chi connectivity index (χ1v) is 6.18. The van der Waals surface area contributed by atoms with Crippen molar-refractivity contribution in [2.75, 3.05) is 6.61 Å². The molecular formula is C12H18N2O2. The number of aliphatic hydroxyl groups excluding tert-OH is 1. The van der Waals surface area contributed by atoms with E-state index in [9.17, 15) is 5.11 Å². The highest BCUT2D eigenvalue weighted by Gasteiger charge is 2.26. The fraction of sp³-hybridized carbons (Fsp3) is 0.750. The van der Waals surface area contributed by atoms with Crippen LogP contribution in [0.3, 0.4) is 0 Å². The second-order valence-electron chi connectivity index (χ2n) is 4.77. The Morgan fingerprint density at radius 3 is 3.12 bits per heavy atom. The van der Waals surface area contributed by atoms with Crippen molar-refractivity contribution in [3.05, 3.63) is 17.7 Å². The third kappa shape index (κ3) is 1.76. The summed E-state index contributed by atoms with van der Waals surface area (Å²) in [7, 11) is 0. The zero-order chi connectivity index (χ0) is 11.0. The third-order valence-corrected chi connectivity index (χ3v) is 3.56. The average Bonchev–Trinajstić information content (AvgIpc) is 2.73. The Morgan fingerprint density at radius 2 is 2.31 bits per heavy atom. The minimum Gasteiger partial charge on any atom is -0.391 e. The van der Waals surface area contributed by atoms with E-state index in [4.69, 9.17) is 4.74 Å². The Labute approximate surface area is 95.3 Å². The second kappa shape index (κ2) is 4.18. The minimum atomic E-state index is -0.218. The average molecular weight is 222 g/mol. The molecule has 4 nitrogen and oxygen atoms in total. The molecule has 0 amide bonds. The minimum absolute atomic E-state index is 0.146. The van der Waals surface area contributed by atoms with Crippen molar-refractivity contribution >= 4 is 0 Å². The monoisotopic (exact) mass is 222 g/mol. The van der Waals surface area contributed by atoms with Crippen molar-refractivity contribution < 1.29 is 9.84 Å². The van der Waals surface area contributed by atoms with Crippen LogP contribution < -0.4 is 0 Å². The fourth-order valence-corrected chi connectivity index (χ4v) is 2.66. The topological polar surface area (TPSA) is 47.3 Å². The molecule has 1 aromatic heterocycles. The predicted molar refractivity (Wildman–Crippen MR) is 59.1 cm³/mol. The zero-order valence-corrected chi connectivity index (χ0v) is 9.43. The van der Waals surface area contributed by atoms with Gasteiger partial charge in [-0.1, -0.05) is 0 Å². The van der Waals surface area contributed by atoms with E-state index in [0.717, 1.165) is 38.1 Å². The van der Waals surface area contributed by atoms with Crippen LogP contribution in [0.2, 0.25) is 0 Å². The van der Waals surface area contributed by atoms with E-state index >= 15 is 0 Å². The van der Waals surface area contributed by atoms with Gasteiger partial charge < -0.3 is 14.4 Å². The number of hydrogen-bond acceptors (Lipinski definition) is 3. The highest BCUT2D eigenvalue weighted by Crippen LogP contribution is 2.29. The molecule has 0 aromatic carbocycles. The second-order valence-corrected chi connectivity index (χ2v) is 4.77. The van der Waals surface area contributed by atoms with Crippen LogP contribution in [0.25, 0.3) is 0 Å². The van der Waals surface area contributed by atoms with Crippen LogP contribution >= 0.6 is 0 Å². The van der Waals surface area contributed by atoms with Crippen LogP contribution in [0.5, 0.6) is 0 Å². The predicted octanol–water partition coefficient (Wildman–Crippen LogP) is 1.43. The molecule has 1 saturated heterocycles. The van der Waals surface area contributed by atoms with Crippen LogP contribution in [-0.4, -0.2) is 27.4 Å². The first kappa shape index (κ1) is 10.3. The summed E-state index contributed by atoms with van der Waals surface area (Å²) in [4.78, 5) is 4.48. The van der Waals surface area contributed by atoms with Crippen molar-refractivity contribution in [1.29, 1.82) is 0 Å². The quantitative estimate of drug-likeness (QED) is 0.782. The van der Waals surface area contributed by atoms with Crippen molar-refractivity contribution in [3.8, 4) is 0 Å². The number of rotatable bonds is 1. The molecule has 1 aromatic rings. The molecule has 88 valence electrons. The summed E-state index contributed by atoms with van der Waals surface area (Å²) in [6, 6.07) is 0. The lowest BCUT2D eigenvalue weighted by atomic mass is 10.1. The van der Waals surface area contributed by atoms with Gasteiger partial charge in [0.05, 0.1) is 12.6 Å². The number of imidazole rings is 1. The van der Waals surface area contributed by atoms with Gasteiger partial charge in [-0.25, -0.2) is 4.98 Å². The lowest BCUT2D eigenvalue weighted by molar-refractivity contribution is 0.00510. The number of hydrogen-bond donors (Lipinski definition) is 1. The standard InChI is InChI=1S/C12H18N2O2/c15-10-5-4-9-7-13-12(14(9)8-10)11-3-1-2-6-16-11/h7,10-11,15H,1-6,8H2. The van der Waals surface area contributed by atoms with Crippen LogP contribution in [0, 0.1) is 0 Å². The van der Waals surface area contributed by atoms with Crippen molar-refractivity contribution in [2.45, 2.75) is 50.9 Å². The van der Waals surface area contributed by atoms with Gasteiger partial charge in [0.2, 0.25) is 0 Å². The number of aryl methyl sites for hydroxylation is 1. The zero-order valence-electron chi connectivity index (χ0n) is 9.43. The van der Waals surface area contributed by atoms with Gasteiger partial charge in [-0.3, -0.25) is 0 Å². The molecule has 1 N–H and O–H groups in total. The van der Waals surface area contributed by atoms with Gasteiger partial charge in [0, 0.05) is 18.5 Å². The SMILES string of the molecule is OC1CCc2cnc(C3CCCCO3)n2C1. The van der Waals surface area contributed by atoms with Crippen molar-refractivity contribution in [1.82, 2.24) is 9.55 Å². The van der Waals surface area contributed by atoms with E-state index < -0.39 is 0 Å². The summed E-state index contributed by atoms with van der Waals surface area (Å²) in [6.45, 7) is 1.53. The Bertz CT molecular complexity index is 369. The molecule has 0 radical (unpaired) electrons. The number of aromatic nitrogens is 2. The Hall–Kier alpha value is -0.870. The summed E-state index contributed by atoms with van der Waals surface area (Å²) in [5.74, 6) is 1.02. The van der Waals surface area contributed by atoms with Crippen LogP contribution in [0.1, 0.15) is 43.3 Å². The van der Waals surface area contributed by atoms with E-state index in [-0.39, 0.29) is 12.2 Å². The van der Waals surface area contributed by atoms with Gasteiger partial charge >= 0.3 is 0 Å². The van der Waals surface area contributed by atoms with E-state index in [2.05, 4.69) is 9.55 Å². The lowest BCUT2D eigenvalue weighted by Gasteiger charge is -2.26. The van der Waals surface area contributed by atoms with Crippen LogP contribution in [-0.2, 0) is 17.7 Å². The van der Waals surface area contributed by atoms with Gasteiger partial charge in [0.15, 0.2) is 0 Å². The molecule has 4 heteroatoms. The van der Waals surface area contributed by atoms with Gasteiger partial charge in [0.25, 0.3) is 0 Å². The van der Waals surface area contributed by atoms with Gasteiger partial charge in [0.1, 0.15) is 11.9 Å². The molecule has 2 aliphatic heterocycles. The smallest absolute Gasteiger partial charge is 0.138 e. The molecule has 2 aliphatic rings. The fourth-order valence-electron chi connectivity index (χ4n) is 2.66. The van der Waals surface area contributed by atoms with Crippen molar-refractivity contribution in [2.24, 2.45) is 0 Å². The van der Waals surface area contributed by atoms with Crippen molar-refractivity contribution in [3.63, 3.8) is 0 Å². The Kier molecular flexibility index (Phi) is 2.69. The largest absolute Gasteiger partial charge is 0.391 e. The molecule has 0 spiro atoms. The van der Waals surface area contributed by atoms with E-state index in [1.165, 1.54) is 12.1 Å². The molecule has 16 heavy (non-hydrogen) atoms. The maximum atomic E-state index is 9.71. The van der Waals surface area contributed by atoms with Crippen LogP contribution in [0.4, 0.5) is 0 Å². The summed E-state index contributed by atoms with van der Waals surface area (Å²) >= 11 is 0.